The van der Waals surface area contributed by atoms with Gasteiger partial charge in [0.25, 0.3) is 0 Å². The molecule has 6 nitrogen and oxygen atoms in total. The number of nitrogens with zero attached hydrogens (tertiary/aromatic N) is 1. The summed E-state index contributed by atoms with van der Waals surface area (Å²) in [6.45, 7) is 2.84. The number of nitrogen functional groups attached to an aromatic ring is 1. The second kappa shape index (κ2) is 6.44. The molecule has 102 valence electrons. The van der Waals surface area contributed by atoms with E-state index < -0.39 is 9.84 Å². The fourth-order valence-corrected chi connectivity index (χ4v) is 1.70. The van der Waals surface area contributed by atoms with Crippen molar-refractivity contribution in [1.82, 2.24) is 4.98 Å². The maximum absolute atomic E-state index is 11.0. The number of pyridine rings is 1. The molecule has 1 rings (SSSR count). The molecule has 0 saturated heterocycles. The lowest BCUT2D eigenvalue weighted by Gasteiger charge is -2.10. The van der Waals surface area contributed by atoms with Crippen molar-refractivity contribution < 1.29 is 13.2 Å². The Morgan fingerprint density at radius 1 is 1.44 bits per heavy atom. The van der Waals surface area contributed by atoms with Crippen LogP contribution in [0.5, 0.6) is 5.88 Å². The average molecular weight is 273 g/mol. The fourth-order valence-electron chi connectivity index (χ4n) is 1.23. The van der Waals surface area contributed by atoms with E-state index >= 15 is 0 Å². The van der Waals surface area contributed by atoms with Gasteiger partial charge < -0.3 is 15.8 Å². The predicted octanol–water partition coefficient (Wildman–Crippen LogP) is 0.909. The Hall–Kier alpha value is -1.50. The Morgan fingerprint density at radius 2 is 2.17 bits per heavy atom. The van der Waals surface area contributed by atoms with E-state index in [1.807, 2.05) is 6.92 Å². The van der Waals surface area contributed by atoms with Crippen LogP contribution in [0, 0.1) is 0 Å². The third-order valence-corrected chi connectivity index (χ3v) is 3.06. The molecule has 0 bridgehead atoms. The maximum atomic E-state index is 11.0. The van der Waals surface area contributed by atoms with Crippen molar-refractivity contribution in [3.05, 3.63) is 12.1 Å². The molecule has 0 aliphatic carbocycles. The van der Waals surface area contributed by atoms with E-state index in [4.69, 9.17) is 10.5 Å². The van der Waals surface area contributed by atoms with E-state index in [0.29, 0.717) is 30.5 Å². The maximum Gasteiger partial charge on any atom is 0.239 e. The highest BCUT2D eigenvalue weighted by Gasteiger charge is 2.05. The van der Waals surface area contributed by atoms with Gasteiger partial charge >= 0.3 is 0 Å². The normalized spacial score (nSPS) is 11.2. The van der Waals surface area contributed by atoms with Gasteiger partial charge in [-0.05, 0) is 18.6 Å². The third-order valence-electron chi connectivity index (χ3n) is 2.11. The van der Waals surface area contributed by atoms with Crippen LogP contribution in [-0.4, -0.2) is 38.6 Å². The summed E-state index contributed by atoms with van der Waals surface area (Å²) in [7, 11) is -2.97. The predicted molar refractivity (Wildman–Crippen MR) is 72.6 cm³/mol. The SMILES string of the molecule is CCCOc1nc(NCCS(C)(=O)=O)ccc1N. The van der Waals surface area contributed by atoms with Crippen LogP contribution in [0.3, 0.4) is 0 Å². The molecule has 1 aromatic heterocycles. The molecule has 0 radical (unpaired) electrons. The topological polar surface area (TPSA) is 94.3 Å². The molecule has 0 fully saturated rings. The summed E-state index contributed by atoms with van der Waals surface area (Å²) in [4.78, 5) is 4.18. The van der Waals surface area contributed by atoms with Gasteiger partial charge in [0.05, 0.1) is 18.0 Å². The number of ether oxygens (including phenoxy) is 1. The molecule has 3 N–H and O–H groups in total. The van der Waals surface area contributed by atoms with Crippen molar-refractivity contribution >= 4 is 21.3 Å². The molecule has 0 unspecified atom stereocenters. The Kier molecular flexibility index (Phi) is 5.21. The number of rotatable bonds is 7. The van der Waals surface area contributed by atoms with Crippen molar-refractivity contribution in [2.45, 2.75) is 13.3 Å². The zero-order valence-electron chi connectivity index (χ0n) is 10.6. The molecule has 0 aromatic carbocycles. The first-order chi connectivity index (χ1) is 8.42. The lowest BCUT2D eigenvalue weighted by atomic mass is 10.4. The molecular weight excluding hydrogens is 254 g/mol. The van der Waals surface area contributed by atoms with Crippen molar-refractivity contribution in [2.24, 2.45) is 0 Å². The van der Waals surface area contributed by atoms with Crippen LogP contribution in [0.25, 0.3) is 0 Å². The van der Waals surface area contributed by atoms with Crippen LogP contribution in [0.2, 0.25) is 0 Å². The highest BCUT2D eigenvalue weighted by atomic mass is 32.2. The van der Waals surface area contributed by atoms with E-state index in [-0.39, 0.29) is 5.75 Å². The summed E-state index contributed by atoms with van der Waals surface area (Å²) in [5.41, 5.74) is 6.19. The first-order valence-corrected chi connectivity index (χ1v) is 7.79. The van der Waals surface area contributed by atoms with Gasteiger partial charge in [-0.15, -0.1) is 0 Å². The van der Waals surface area contributed by atoms with Crippen LogP contribution in [0.15, 0.2) is 12.1 Å². The molecular formula is C11H19N3O3S. The summed E-state index contributed by atoms with van der Waals surface area (Å²) < 4.78 is 27.3. The quantitative estimate of drug-likeness (QED) is 0.767. The van der Waals surface area contributed by atoms with E-state index in [1.165, 1.54) is 6.26 Å². The lowest BCUT2D eigenvalue weighted by Crippen LogP contribution is -2.15. The number of anilines is 2. The van der Waals surface area contributed by atoms with Crippen LogP contribution in [0.4, 0.5) is 11.5 Å². The molecule has 7 heteroatoms. The number of aromatic nitrogens is 1. The average Bonchev–Trinajstić information content (AvgIpc) is 2.28. The van der Waals surface area contributed by atoms with Crippen LogP contribution in [0.1, 0.15) is 13.3 Å². The summed E-state index contributed by atoms with van der Waals surface area (Å²) in [6.07, 6.45) is 2.06. The Labute approximate surface area is 107 Å². The smallest absolute Gasteiger partial charge is 0.239 e. The molecule has 0 saturated carbocycles. The Balaban J connectivity index is 2.61. The van der Waals surface area contributed by atoms with Crippen molar-refractivity contribution in [1.29, 1.82) is 0 Å². The molecule has 0 amide bonds. The summed E-state index contributed by atoms with van der Waals surface area (Å²) >= 11 is 0. The van der Waals surface area contributed by atoms with Crippen molar-refractivity contribution in [3.8, 4) is 5.88 Å². The molecule has 1 heterocycles. The minimum absolute atomic E-state index is 0.0597. The summed E-state index contributed by atoms with van der Waals surface area (Å²) in [5, 5.41) is 2.92. The van der Waals surface area contributed by atoms with Gasteiger partial charge in [0.1, 0.15) is 15.7 Å². The molecule has 18 heavy (non-hydrogen) atoms. The Bertz CT molecular complexity index is 488. The van der Waals surface area contributed by atoms with Gasteiger partial charge in [-0.25, -0.2) is 8.42 Å². The van der Waals surface area contributed by atoms with Gasteiger partial charge in [-0.3, -0.25) is 0 Å². The van der Waals surface area contributed by atoms with Crippen LogP contribution >= 0.6 is 0 Å². The molecule has 0 atom stereocenters. The van der Waals surface area contributed by atoms with E-state index in [0.717, 1.165) is 6.42 Å². The first kappa shape index (κ1) is 14.6. The second-order valence-electron chi connectivity index (χ2n) is 4.00. The van der Waals surface area contributed by atoms with E-state index in [2.05, 4.69) is 10.3 Å². The highest BCUT2D eigenvalue weighted by molar-refractivity contribution is 7.90. The number of hydrogen-bond donors (Lipinski definition) is 2. The van der Waals surface area contributed by atoms with Crippen LogP contribution < -0.4 is 15.8 Å². The minimum Gasteiger partial charge on any atom is -0.476 e. The zero-order chi connectivity index (χ0) is 13.6. The van der Waals surface area contributed by atoms with Gasteiger partial charge in [-0.1, -0.05) is 6.92 Å². The van der Waals surface area contributed by atoms with E-state index in [1.54, 1.807) is 12.1 Å². The number of nitrogens with two attached hydrogens (primary N) is 1. The van der Waals surface area contributed by atoms with Crippen LogP contribution in [-0.2, 0) is 9.84 Å². The highest BCUT2D eigenvalue weighted by Crippen LogP contribution is 2.20. The fraction of sp³-hybridized carbons (Fsp3) is 0.545. The standard InChI is InChI=1S/C11H19N3O3S/c1-3-7-17-11-9(12)4-5-10(14-11)13-6-8-18(2,15)16/h4-5H,3,6-8,12H2,1-2H3,(H,13,14). The third kappa shape index (κ3) is 5.22. The van der Waals surface area contributed by atoms with Gasteiger partial charge in [0.15, 0.2) is 0 Å². The first-order valence-electron chi connectivity index (χ1n) is 5.73. The summed E-state index contributed by atoms with van der Waals surface area (Å²) in [6, 6.07) is 3.37. The molecule has 0 aliphatic heterocycles. The van der Waals surface area contributed by atoms with Gasteiger partial charge in [0, 0.05) is 12.8 Å². The zero-order valence-corrected chi connectivity index (χ0v) is 11.5. The van der Waals surface area contributed by atoms with Crippen molar-refractivity contribution in [2.75, 3.05) is 36.2 Å². The van der Waals surface area contributed by atoms with Gasteiger partial charge in [-0.2, -0.15) is 4.98 Å². The molecule has 0 spiro atoms. The summed E-state index contributed by atoms with van der Waals surface area (Å²) in [5.74, 6) is 0.990. The van der Waals surface area contributed by atoms with Crippen molar-refractivity contribution in [3.63, 3.8) is 0 Å². The molecule has 0 aliphatic rings. The molecule has 1 aromatic rings. The van der Waals surface area contributed by atoms with Gasteiger partial charge in [0.2, 0.25) is 5.88 Å². The monoisotopic (exact) mass is 273 g/mol. The second-order valence-corrected chi connectivity index (χ2v) is 6.26. The number of nitrogens with one attached hydrogen (secondary N) is 1. The largest absolute Gasteiger partial charge is 0.476 e. The number of sulfone groups is 1. The van der Waals surface area contributed by atoms with E-state index in [9.17, 15) is 8.42 Å². The minimum atomic E-state index is -2.97. The Morgan fingerprint density at radius 3 is 2.78 bits per heavy atom. The number of hydrogen-bond acceptors (Lipinski definition) is 6. The lowest BCUT2D eigenvalue weighted by molar-refractivity contribution is 0.307.